The van der Waals surface area contributed by atoms with Crippen molar-refractivity contribution in [3.05, 3.63) is 45.1 Å². The summed E-state index contributed by atoms with van der Waals surface area (Å²) in [5.74, 6) is 0. The summed E-state index contributed by atoms with van der Waals surface area (Å²) in [6, 6.07) is 5.02. The van der Waals surface area contributed by atoms with Gasteiger partial charge in [0, 0.05) is 23.4 Å². The number of nitrogens with two attached hydrogens (primary N) is 1. The monoisotopic (exact) mass is 359 g/mol. The molecule has 0 radical (unpaired) electrons. The lowest BCUT2D eigenvalue weighted by atomic mass is 10.0. The van der Waals surface area contributed by atoms with Gasteiger partial charge >= 0.3 is 0 Å². The molecule has 7 heteroatoms. The lowest BCUT2D eigenvalue weighted by Crippen LogP contribution is -2.14. The number of nitrogen functional groups attached to an aromatic ring is 1. The van der Waals surface area contributed by atoms with Crippen LogP contribution in [0, 0.1) is 0 Å². The first-order valence-corrected chi connectivity index (χ1v) is 7.14. The van der Waals surface area contributed by atoms with Gasteiger partial charge in [-0.25, -0.2) is 0 Å². The second-order valence-electron chi connectivity index (χ2n) is 4.27. The molecule has 3 N–H and O–H groups in total. The normalized spacial score (nSPS) is 12.6. The van der Waals surface area contributed by atoms with E-state index in [1.54, 1.807) is 36.2 Å². The SMILES string of the molecule is COCCn1ncc(Br)c1C(O)c1ccc(Cl)cc1N. The first-order chi connectivity index (χ1) is 9.54. The summed E-state index contributed by atoms with van der Waals surface area (Å²) in [6.07, 6.45) is 0.751. The second kappa shape index (κ2) is 6.58. The Balaban J connectivity index is 2.37. The zero-order valence-corrected chi connectivity index (χ0v) is 13.2. The van der Waals surface area contributed by atoms with Crippen LogP contribution in [0.1, 0.15) is 17.4 Å². The summed E-state index contributed by atoms with van der Waals surface area (Å²) in [4.78, 5) is 0. The Hall–Kier alpha value is -1.08. The fourth-order valence-corrected chi connectivity index (χ4v) is 2.64. The van der Waals surface area contributed by atoms with E-state index in [9.17, 15) is 5.11 Å². The predicted molar refractivity (Wildman–Crippen MR) is 81.7 cm³/mol. The number of halogens is 2. The van der Waals surface area contributed by atoms with Gasteiger partial charge in [0.05, 0.1) is 29.5 Å². The molecule has 0 saturated carbocycles. The number of rotatable bonds is 5. The highest BCUT2D eigenvalue weighted by atomic mass is 79.9. The molecule has 1 unspecified atom stereocenters. The van der Waals surface area contributed by atoms with Crippen molar-refractivity contribution in [2.45, 2.75) is 12.6 Å². The molecule has 20 heavy (non-hydrogen) atoms. The van der Waals surface area contributed by atoms with Crippen LogP contribution in [0.5, 0.6) is 0 Å². The van der Waals surface area contributed by atoms with Gasteiger partial charge in [-0.1, -0.05) is 17.7 Å². The van der Waals surface area contributed by atoms with Gasteiger partial charge in [-0.15, -0.1) is 0 Å². The summed E-state index contributed by atoms with van der Waals surface area (Å²) in [5.41, 5.74) is 7.58. The minimum atomic E-state index is -0.888. The van der Waals surface area contributed by atoms with Gasteiger partial charge in [-0.3, -0.25) is 4.68 Å². The Morgan fingerprint density at radius 1 is 1.55 bits per heavy atom. The Labute approximate surface area is 130 Å². The quantitative estimate of drug-likeness (QED) is 0.804. The molecule has 0 bridgehead atoms. The van der Waals surface area contributed by atoms with Crippen molar-refractivity contribution >= 4 is 33.2 Å². The van der Waals surface area contributed by atoms with Crippen LogP contribution in [-0.4, -0.2) is 28.6 Å². The summed E-state index contributed by atoms with van der Waals surface area (Å²) >= 11 is 9.27. The van der Waals surface area contributed by atoms with Crippen LogP contribution < -0.4 is 5.73 Å². The third-order valence-electron chi connectivity index (χ3n) is 2.94. The highest BCUT2D eigenvalue weighted by Crippen LogP contribution is 2.32. The molecular weight excluding hydrogens is 346 g/mol. The number of aromatic nitrogens is 2. The molecule has 2 rings (SSSR count). The van der Waals surface area contributed by atoms with Gasteiger partial charge < -0.3 is 15.6 Å². The molecule has 0 fully saturated rings. The van der Waals surface area contributed by atoms with E-state index in [4.69, 9.17) is 22.1 Å². The zero-order valence-electron chi connectivity index (χ0n) is 10.9. The van der Waals surface area contributed by atoms with Gasteiger partial charge in [-0.05, 0) is 28.1 Å². The standard InChI is InChI=1S/C13H15BrClN3O2/c1-20-5-4-18-12(10(14)7-17-18)13(19)9-3-2-8(15)6-11(9)16/h2-3,6-7,13,19H,4-5,16H2,1H3. The molecule has 108 valence electrons. The van der Waals surface area contributed by atoms with E-state index in [2.05, 4.69) is 21.0 Å². The van der Waals surface area contributed by atoms with Crippen molar-refractivity contribution in [2.75, 3.05) is 19.5 Å². The fourth-order valence-electron chi connectivity index (χ4n) is 1.94. The van der Waals surface area contributed by atoms with Gasteiger partial charge in [0.25, 0.3) is 0 Å². The van der Waals surface area contributed by atoms with Crippen LogP contribution >= 0.6 is 27.5 Å². The van der Waals surface area contributed by atoms with Crippen molar-refractivity contribution in [2.24, 2.45) is 0 Å². The molecule has 1 heterocycles. The van der Waals surface area contributed by atoms with Gasteiger partial charge in [0.1, 0.15) is 6.10 Å². The lowest BCUT2D eigenvalue weighted by molar-refractivity contribution is 0.171. The number of hydrogen-bond donors (Lipinski definition) is 2. The predicted octanol–water partition coefficient (Wildman–Crippen LogP) is 2.61. The average molecular weight is 361 g/mol. The van der Waals surface area contributed by atoms with E-state index < -0.39 is 6.10 Å². The molecular formula is C13H15BrClN3O2. The highest BCUT2D eigenvalue weighted by Gasteiger charge is 2.21. The minimum Gasteiger partial charge on any atom is -0.398 e. The third kappa shape index (κ3) is 3.15. The molecule has 0 saturated heterocycles. The fraction of sp³-hybridized carbons (Fsp3) is 0.308. The first-order valence-electron chi connectivity index (χ1n) is 5.97. The first kappa shape index (κ1) is 15.3. The number of aliphatic hydroxyl groups is 1. The van der Waals surface area contributed by atoms with Crippen LogP contribution in [0.15, 0.2) is 28.9 Å². The third-order valence-corrected chi connectivity index (χ3v) is 3.79. The number of ether oxygens (including phenoxy) is 1. The summed E-state index contributed by atoms with van der Waals surface area (Å²) < 4.78 is 7.44. The minimum absolute atomic E-state index is 0.441. The largest absolute Gasteiger partial charge is 0.398 e. The van der Waals surface area contributed by atoms with Gasteiger partial charge in [0.2, 0.25) is 0 Å². The molecule has 0 aliphatic heterocycles. The lowest BCUT2D eigenvalue weighted by Gasteiger charge is -2.16. The maximum Gasteiger partial charge on any atom is 0.124 e. The molecule has 0 aliphatic rings. The molecule has 5 nitrogen and oxygen atoms in total. The van der Waals surface area contributed by atoms with Crippen molar-refractivity contribution in [3.63, 3.8) is 0 Å². The van der Waals surface area contributed by atoms with E-state index >= 15 is 0 Å². The van der Waals surface area contributed by atoms with Crippen LogP contribution in [0.4, 0.5) is 5.69 Å². The number of nitrogens with zero attached hydrogens (tertiary/aromatic N) is 2. The van der Waals surface area contributed by atoms with Gasteiger partial charge in [-0.2, -0.15) is 5.10 Å². The highest BCUT2D eigenvalue weighted by molar-refractivity contribution is 9.10. The molecule has 1 aromatic carbocycles. The van der Waals surface area contributed by atoms with E-state index in [0.29, 0.717) is 35.1 Å². The Morgan fingerprint density at radius 3 is 2.95 bits per heavy atom. The van der Waals surface area contributed by atoms with E-state index in [1.807, 2.05) is 0 Å². The smallest absolute Gasteiger partial charge is 0.124 e. The number of methoxy groups -OCH3 is 1. The molecule has 1 atom stereocenters. The van der Waals surface area contributed by atoms with Crippen LogP contribution in [0.2, 0.25) is 5.02 Å². The number of aliphatic hydroxyl groups excluding tert-OH is 1. The Morgan fingerprint density at radius 2 is 2.30 bits per heavy atom. The van der Waals surface area contributed by atoms with Crippen LogP contribution in [0.25, 0.3) is 0 Å². The summed E-state index contributed by atoms with van der Waals surface area (Å²) in [5, 5.41) is 15.3. The maximum absolute atomic E-state index is 10.6. The molecule has 2 aromatic rings. The summed E-state index contributed by atoms with van der Waals surface area (Å²) in [6.45, 7) is 1.05. The molecule has 0 spiro atoms. The average Bonchev–Trinajstić information content (AvgIpc) is 2.77. The zero-order chi connectivity index (χ0) is 14.7. The second-order valence-corrected chi connectivity index (χ2v) is 5.56. The Kier molecular flexibility index (Phi) is 5.04. The van der Waals surface area contributed by atoms with Crippen LogP contribution in [-0.2, 0) is 11.3 Å². The van der Waals surface area contributed by atoms with Crippen molar-refractivity contribution in [1.82, 2.24) is 9.78 Å². The van der Waals surface area contributed by atoms with E-state index in [1.165, 1.54) is 0 Å². The maximum atomic E-state index is 10.6. The van der Waals surface area contributed by atoms with Gasteiger partial charge in [0.15, 0.2) is 0 Å². The Bertz CT molecular complexity index is 603. The number of hydrogen-bond acceptors (Lipinski definition) is 4. The number of benzene rings is 1. The molecule has 1 aromatic heterocycles. The van der Waals surface area contributed by atoms with Crippen molar-refractivity contribution < 1.29 is 9.84 Å². The topological polar surface area (TPSA) is 73.3 Å². The van der Waals surface area contributed by atoms with Crippen molar-refractivity contribution in [1.29, 1.82) is 0 Å². The van der Waals surface area contributed by atoms with Crippen LogP contribution in [0.3, 0.4) is 0 Å². The summed E-state index contributed by atoms with van der Waals surface area (Å²) in [7, 11) is 1.62. The van der Waals surface area contributed by atoms with Crippen molar-refractivity contribution in [3.8, 4) is 0 Å². The molecule has 0 amide bonds. The van der Waals surface area contributed by atoms with E-state index in [-0.39, 0.29) is 0 Å². The number of anilines is 1. The molecule has 0 aliphatic carbocycles. The van der Waals surface area contributed by atoms with E-state index in [0.717, 1.165) is 4.47 Å².